The molecular weight excluding hydrogens is 495 g/mol. The van der Waals surface area contributed by atoms with Crippen molar-refractivity contribution in [3.8, 4) is 11.3 Å². The van der Waals surface area contributed by atoms with Crippen LogP contribution in [0, 0.1) is 5.82 Å². The second kappa shape index (κ2) is 9.21. The zero-order valence-electron chi connectivity index (χ0n) is 18.8. The third kappa shape index (κ3) is 4.49. The largest absolute Gasteiger partial charge is 0.378 e. The van der Waals surface area contributed by atoms with Crippen LogP contribution < -0.4 is 4.90 Å². The molecule has 0 bridgehead atoms. The lowest BCUT2D eigenvalue weighted by atomic mass is 10.0. The minimum Gasteiger partial charge on any atom is -0.378 e. The molecule has 0 radical (unpaired) electrons. The number of pyridine rings is 2. The highest BCUT2D eigenvalue weighted by molar-refractivity contribution is 9.10. The lowest BCUT2D eigenvalue weighted by Crippen LogP contribution is -2.53. The van der Waals surface area contributed by atoms with Gasteiger partial charge in [-0.1, -0.05) is 23.7 Å². The monoisotopic (exact) mass is 520 g/mol. The van der Waals surface area contributed by atoms with Gasteiger partial charge in [-0.25, -0.2) is 14.4 Å². The smallest absolute Gasteiger partial charge is 0.138 e. The molecule has 0 spiro atoms. The molecular formula is C24H27BrClFN4O. The minimum absolute atomic E-state index is 0.127. The Morgan fingerprint density at radius 2 is 1.81 bits per heavy atom. The van der Waals surface area contributed by atoms with Crippen molar-refractivity contribution < 1.29 is 9.13 Å². The molecule has 0 aliphatic carbocycles. The van der Waals surface area contributed by atoms with Crippen molar-refractivity contribution in [2.45, 2.75) is 32.9 Å². The summed E-state index contributed by atoms with van der Waals surface area (Å²) in [4.78, 5) is 14.5. The lowest BCUT2D eigenvalue weighted by Gasteiger charge is -2.42. The second-order valence-electron chi connectivity index (χ2n) is 8.97. The van der Waals surface area contributed by atoms with Crippen molar-refractivity contribution >= 4 is 44.3 Å². The first-order valence-electron chi connectivity index (χ1n) is 10.6. The molecule has 1 aliphatic rings. The Morgan fingerprint density at radius 3 is 2.44 bits per heavy atom. The molecule has 0 N–H and O–H groups in total. The molecule has 1 aromatic carbocycles. The standard InChI is InChI=1S/C24H27BrClFN4O/c1-24(2,3)31-11-9-30(10-12-31)23-16-13-17(26)21(15-7-5-6-8-18(15)27)29-22(16)20(25)19(28-23)14-32-4/h5-8,13H,9-12,14H2,1-4H3. The van der Waals surface area contributed by atoms with E-state index in [-0.39, 0.29) is 11.4 Å². The van der Waals surface area contributed by atoms with E-state index in [9.17, 15) is 4.39 Å². The van der Waals surface area contributed by atoms with Crippen LogP contribution in [-0.2, 0) is 11.3 Å². The lowest BCUT2D eigenvalue weighted by molar-refractivity contribution is 0.128. The molecule has 0 amide bonds. The number of rotatable bonds is 4. The summed E-state index contributed by atoms with van der Waals surface area (Å²) in [6.45, 7) is 10.6. The summed E-state index contributed by atoms with van der Waals surface area (Å²) in [5.74, 6) is 0.473. The summed E-state index contributed by atoms with van der Waals surface area (Å²) < 4.78 is 20.6. The quantitative estimate of drug-likeness (QED) is 0.426. The van der Waals surface area contributed by atoms with Gasteiger partial charge < -0.3 is 9.64 Å². The summed E-state index contributed by atoms with van der Waals surface area (Å²) in [6, 6.07) is 8.38. The normalized spacial score (nSPS) is 15.5. The Morgan fingerprint density at radius 1 is 1.12 bits per heavy atom. The number of nitrogens with zero attached hydrogens (tertiary/aromatic N) is 4. The molecule has 3 heterocycles. The van der Waals surface area contributed by atoms with Gasteiger partial charge in [-0.3, -0.25) is 4.90 Å². The number of piperazine rings is 1. The van der Waals surface area contributed by atoms with E-state index in [0.717, 1.165) is 47.5 Å². The van der Waals surface area contributed by atoms with Crippen LogP contribution in [0.2, 0.25) is 5.02 Å². The van der Waals surface area contributed by atoms with Crippen LogP contribution in [-0.4, -0.2) is 53.7 Å². The van der Waals surface area contributed by atoms with Crippen LogP contribution >= 0.6 is 27.5 Å². The third-order valence-corrected chi connectivity index (χ3v) is 6.98. The van der Waals surface area contributed by atoms with Gasteiger partial charge >= 0.3 is 0 Å². The zero-order chi connectivity index (χ0) is 23.0. The van der Waals surface area contributed by atoms with Crippen LogP contribution in [0.1, 0.15) is 26.5 Å². The van der Waals surface area contributed by atoms with Crippen LogP contribution in [0.3, 0.4) is 0 Å². The highest BCUT2D eigenvalue weighted by atomic mass is 79.9. The fourth-order valence-electron chi connectivity index (χ4n) is 4.11. The molecule has 1 fully saturated rings. The first kappa shape index (κ1) is 23.4. The molecule has 0 saturated carbocycles. The number of aromatic nitrogens is 2. The molecule has 3 aromatic rings. The fourth-order valence-corrected chi connectivity index (χ4v) is 4.86. The van der Waals surface area contributed by atoms with E-state index in [4.69, 9.17) is 26.3 Å². The van der Waals surface area contributed by atoms with Gasteiger partial charge in [0.05, 0.1) is 33.0 Å². The van der Waals surface area contributed by atoms with E-state index in [2.05, 4.69) is 46.5 Å². The van der Waals surface area contributed by atoms with Crippen molar-refractivity contribution in [1.82, 2.24) is 14.9 Å². The van der Waals surface area contributed by atoms with Gasteiger partial charge in [-0.05, 0) is 54.9 Å². The molecule has 0 atom stereocenters. The Kier molecular flexibility index (Phi) is 6.73. The van der Waals surface area contributed by atoms with E-state index in [1.165, 1.54) is 6.07 Å². The first-order valence-corrected chi connectivity index (χ1v) is 11.8. The maximum absolute atomic E-state index is 14.5. The number of hydrogen-bond acceptors (Lipinski definition) is 5. The van der Waals surface area contributed by atoms with E-state index in [1.807, 2.05) is 6.07 Å². The number of halogens is 3. The summed E-state index contributed by atoms with van der Waals surface area (Å²) in [5.41, 5.74) is 2.36. The van der Waals surface area contributed by atoms with E-state index >= 15 is 0 Å². The van der Waals surface area contributed by atoms with Gasteiger partial charge in [0.2, 0.25) is 0 Å². The fraction of sp³-hybridized carbons (Fsp3) is 0.417. The molecule has 2 aromatic heterocycles. The summed E-state index contributed by atoms with van der Waals surface area (Å²) in [7, 11) is 1.64. The highest BCUT2D eigenvalue weighted by Crippen LogP contribution is 2.38. The number of methoxy groups -OCH3 is 1. The first-order chi connectivity index (χ1) is 15.2. The average Bonchev–Trinajstić information content (AvgIpc) is 2.76. The molecule has 1 aliphatic heterocycles. The van der Waals surface area contributed by atoms with Gasteiger partial charge in [0.1, 0.15) is 11.6 Å². The van der Waals surface area contributed by atoms with E-state index in [0.29, 0.717) is 28.4 Å². The van der Waals surface area contributed by atoms with Crippen molar-refractivity contribution in [3.63, 3.8) is 0 Å². The Balaban J connectivity index is 1.84. The van der Waals surface area contributed by atoms with Crippen LogP contribution in [0.4, 0.5) is 10.2 Å². The summed E-state index contributed by atoms with van der Waals surface area (Å²) in [6.07, 6.45) is 0. The van der Waals surface area contributed by atoms with Crippen LogP contribution in [0.5, 0.6) is 0 Å². The Hall–Kier alpha value is -1.80. The SMILES string of the molecule is COCc1nc(N2CCN(C(C)(C)C)CC2)c2cc(Cl)c(-c3ccccc3F)nc2c1Br. The maximum atomic E-state index is 14.5. The van der Waals surface area contributed by atoms with Gasteiger partial charge in [0, 0.05) is 49.8 Å². The Labute approximate surface area is 201 Å². The third-order valence-electron chi connectivity index (χ3n) is 5.86. The molecule has 5 nitrogen and oxygen atoms in total. The number of benzene rings is 1. The van der Waals surface area contributed by atoms with Gasteiger partial charge in [0.15, 0.2) is 0 Å². The van der Waals surface area contributed by atoms with Crippen LogP contribution in [0.15, 0.2) is 34.8 Å². The molecule has 0 unspecified atom stereocenters. The Bertz CT molecular complexity index is 1140. The van der Waals surface area contributed by atoms with Crippen molar-refractivity contribution in [3.05, 3.63) is 51.3 Å². The molecule has 32 heavy (non-hydrogen) atoms. The number of ether oxygens (including phenoxy) is 1. The second-order valence-corrected chi connectivity index (χ2v) is 10.2. The highest BCUT2D eigenvalue weighted by Gasteiger charge is 2.28. The minimum atomic E-state index is -0.359. The molecule has 4 rings (SSSR count). The number of fused-ring (bicyclic) bond motifs is 1. The summed E-state index contributed by atoms with van der Waals surface area (Å²) >= 11 is 10.3. The number of hydrogen-bond donors (Lipinski definition) is 0. The maximum Gasteiger partial charge on any atom is 0.138 e. The molecule has 8 heteroatoms. The van der Waals surface area contributed by atoms with E-state index in [1.54, 1.807) is 25.3 Å². The summed E-state index contributed by atoms with van der Waals surface area (Å²) in [5, 5.41) is 1.23. The van der Waals surface area contributed by atoms with E-state index < -0.39 is 0 Å². The van der Waals surface area contributed by atoms with Crippen molar-refractivity contribution in [2.24, 2.45) is 0 Å². The van der Waals surface area contributed by atoms with Crippen molar-refractivity contribution in [1.29, 1.82) is 0 Å². The topological polar surface area (TPSA) is 41.5 Å². The van der Waals surface area contributed by atoms with Crippen molar-refractivity contribution in [2.75, 3.05) is 38.2 Å². The number of anilines is 1. The van der Waals surface area contributed by atoms with Gasteiger partial charge in [-0.2, -0.15) is 0 Å². The molecule has 170 valence electrons. The van der Waals surface area contributed by atoms with Crippen LogP contribution in [0.25, 0.3) is 22.2 Å². The van der Waals surface area contributed by atoms with Gasteiger partial charge in [0.25, 0.3) is 0 Å². The average molecular weight is 522 g/mol. The predicted octanol–water partition coefficient (Wildman–Crippen LogP) is 5.92. The molecule has 1 saturated heterocycles. The predicted molar refractivity (Wildman–Crippen MR) is 132 cm³/mol. The zero-order valence-corrected chi connectivity index (χ0v) is 21.1. The van der Waals surface area contributed by atoms with Gasteiger partial charge in [-0.15, -0.1) is 0 Å².